The summed E-state index contributed by atoms with van der Waals surface area (Å²) in [5, 5.41) is 0. The van der Waals surface area contributed by atoms with Crippen LogP contribution < -0.4 is 0 Å². The Morgan fingerprint density at radius 3 is 2.95 bits per heavy atom. The van der Waals surface area contributed by atoms with Gasteiger partial charge in [-0.05, 0) is 32.1 Å². The molecule has 1 aromatic rings. The highest BCUT2D eigenvalue weighted by Gasteiger charge is 2.46. The first-order valence-corrected chi connectivity index (χ1v) is 7.50. The van der Waals surface area contributed by atoms with Crippen LogP contribution in [-0.4, -0.2) is 33.4 Å². The molecule has 0 amide bonds. The zero-order valence-corrected chi connectivity index (χ0v) is 11.8. The van der Waals surface area contributed by atoms with Crippen LogP contribution >= 0.6 is 0 Å². The van der Waals surface area contributed by atoms with E-state index in [2.05, 4.69) is 9.98 Å². The molecule has 3 rings (SSSR count). The van der Waals surface area contributed by atoms with Crippen LogP contribution in [-0.2, 0) is 16.1 Å². The fraction of sp³-hybridized carbons (Fsp3) is 0.667. The average molecular weight is 275 g/mol. The summed E-state index contributed by atoms with van der Waals surface area (Å²) in [7, 11) is 0. The molecule has 0 aromatic carbocycles. The predicted molar refractivity (Wildman–Crippen MR) is 75.7 cm³/mol. The molecule has 0 bridgehead atoms. The van der Waals surface area contributed by atoms with E-state index in [1.54, 1.807) is 6.20 Å². The minimum absolute atomic E-state index is 0.0970. The molecule has 0 unspecified atom stereocenters. The Morgan fingerprint density at radius 2 is 2.20 bits per heavy atom. The lowest BCUT2D eigenvalue weighted by Crippen LogP contribution is -2.38. The molecular weight excluding hydrogens is 254 g/mol. The zero-order chi connectivity index (χ0) is 13.8. The Balaban J connectivity index is 1.59. The fourth-order valence-electron chi connectivity index (χ4n) is 3.21. The van der Waals surface area contributed by atoms with Crippen molar-refractivity contribution in [2.75, 3.05) is 6.54 Å². The standard InChI is InChI=1S/C15H21N3O2/c19-14-11-13(15(20-14)5-2-1-3-6-15)17-7-4-9-18-10-8-16-12-18/h8,10,12H,1-7,9,11H2. The van der Waals surface area contributed by atoms with Gasteiger partial charge in [0, 0.05) is 25.5 Å². The lowest BCUT2D eigenvalue weighted by atomic mass is 9.81. The number of carbonyl (C=O) groups excluding carboxylic acids is 1. The van der Waals surface area contributed by atoms with Crippen LogP contribution in [0.5, 0.6) is 0 Å². The van der Waals surface area contributed by atoms with E-state index in [0.717, 1.165) is 50.9 Å². The van der Waals surface area contributed by atoms with Gasteiger partial charge in [0.25, 0.3) is 0 Å². The van der Waals surface area contributed by atoms with Gasteiger partial charge in [-0.25, -0.2) is 4.98 Å². The Hall–Kier alpha value is -1.65. The van der Waals surface area contributed by atoms with Gasteiger partial charge in [0.15, 0.2) is 5.60 Å². The van der Waals surface area contributed by atoms with E-state index in [-0.39, 0.29) is 11.6 Å². The van der Waals surface area contributed by atoms with Gasteiger partial charge in [0.05, 0.1) is 18.5 Å². The normalized spacial score (nSPS) is 23.4. The Kier molecular flexibility index (Phi) is 3.85. The third-order valence-corrected chi connectivity index (χ3v) is 4.24. The van der Waals surface area contributed by atoms with E-state index in [1.807, 2.05) is 17.1 Å². The Labute approximate surface area is 119 Å². The lowest BCUT2D eigenvalue weighted by Gasteiger charge is -2.32. The van der Waals surface area contributed by atoms with Crippen LogP contribution in [0.2, 0.25) is 0 Å². The van der Waals surface area contributed by atoms with E-state index < -0.39 is 0 Å². The van der Waals surface area contributed by atoms with Crippen LogP contribution in [0.1, 0.15) is 44.9 Å². The minimum atomic E-state index is -0.343. The number of aliphatic imine (C=N–C) groups is 1. The SMILES string of the molecule is O=C1CC(=NCCCn2ccnc2)C2(CCCCC2)O1. The van der Waals surface area contributed by atoms with Gasteiger partial charge in [-0.2, -0.15) is 0 Å². The maximum absolute atomic E-state index is 11.6. The van der Waals surface area contributed by atoms with Crippen molar-refractivity contribution in [3.8, 4) is 0 Å². The van der Waals surface area contributed by atoms with Gasteiger partial charge < -0.3 is 9.30 Å². The molecule has 0 atom stereocenters. The second-order valence-corrected chi connectivity index (χ2v) is 5.69. The van der Waals surface area contributed by atoms with E-state index in [1.165, 1.54) is 6.42 Å². The minimum Gasteiger partial charge on any atom is -0.453 e. The number of nitrogens with zero attached hydrogens (tertiary/aromatic N) is 3. The van der Waals surface area contributed by atoms with Crippen molar-refractivity contribution in [3.05, 3.63) is 18.7 Å². The van der Waals surface area contributed by atoms with Gasteiger partial charge in [0.2, 0.25) is 0 Å². The highest BCUT2D eigenvalue weighted by Crippen LogP contribution is 2.38. The smallest absolute Gasteiger partial charge is 0.312 e. The third-order valence-electron chi connectivity index (χ3n) is 4.24. The summed E-state index contributed by atoms with van der Waals surface area (Å²) in [6.07, 6.45) is 12.4. The fourth-order valence-corrected chi connectivity index (χ4v) is 3.21. The van der Waals surface area contributed by atoms with Crippen LogP contribution in [0.25, 0.3) is 0 Å². The summed E-state index contributed by atoms with van der Waals surface area (Å²) >= 11 is 0. The van der Waals surface area contributed by atoms with Crippen molar-refractivity contribution in [3.63, 3.8) is 0 Å². The molecule has 20 heavy (non-hydrogen) atoms. The maximum atomic E-state index is 11.6. The van der Waals surface area contributed by atoms with Crippen molar-refractivity contribution in [1.29, 1.82) is 0 Å². The second-order valence-electron chi connectivity index (χ2n) is 5.69. The summed E-state index contributed by atoms with van der Waals surface area (Å²) in [6, 6.07) is 0. The number of hydrogen-bond donors (Lipinski definition) is 0. The van der Waals surface area contributed by atoms with Crippen LogP contribution in [0.4, 0.5) is 0 Å². The summed E-state index contributed by atoms with van der Waals surface area (Å²) in [5.41, 5.74) is 0.650. The summed E-state index contributed by atoms with van der Waals surface area (Å²) in [6.45, 7) is 1.67. The molecule has 1 saturated carbocycles. The molecule has 1 aromatic heterocycles. The molecule has 5 heteroatoms. The summed E-state index contributed by atoms with van der Waals surface area (Å²) in [5.74, 6) is -0.0970. The van der Waals surface area contributed by atoms with Crippen molar-refractivity contribution < 1.29 is 9.53 Å². The Bertz CT molecular complexity index is 487. The molecule has 108 valence electrons. The van der Waals surface area contributed by atoms with E-state index in [9.17, 15) is 4.79 Å². The molecule has 2 aliphatic rings. The van der Waals surface area contributed by atoms with Gasteiger partial charge in [0.1, 0.15) is 0 Å². The molecule has 0 N–H and O–H groups in total. The largest absolute Gasteiger partial charge is 0.453 e. The molecule has 1 spiro atoms. The van der Waals surface area contributed by atoms with Gasteiger partial charge in [-0.1, -0.05) is 6.42 Å². The molecular formula is C15H21N3O2. The molecule has 2 heterocycles. The number of esters is 1. The molecule has 5 nitrogen and oxygen atoms in total. The van der Waals surface area contributed by atoms with E-state index >= 15 is 0 Å². The molecule has 1 aliphatic carbocycles. The van der Waals surface area contributed by atoms with Crippen molar-refractivity contribution in [2.45, 2.75) is 57.1 Å². The number of aromatic nitrogens is 2. The van der Waals surface area contributed by atoms with Crippen LogP contribution in [0, 0.1) is 0 Å². The van der Waals surface area contributed by atoms with Gasteiger partial charge in [-0.3, -0.25) is 9.79 Å². The first-order chi connectivity index (χ1) is 9.78. The number of imidazole rings is 1. The first-order valence-electron chi connectivity index (χ1n) is 7.50. The van der Waals surface area contributed by atoms with Crippen molar-refractivity contribution in [2.24, 2.45) is 4.99 Å². The Morgan fingerprint density at radius 1 is 1.35 bits per heavy atom. The molecule has 2 fully saturated rings. The highest BCUT2D eigenvalue weighted by atomic mass is 16.6. The highest BCUT2D eigenvalue weighted by molar-refractivity contribution is 6.09. The first kappa shape index (κ1) is 13.3. The second kappa shape index (κ2) is 5.77. The zero-order valence-electron chi connectivity index (χ0n) is 11.8. The third kappa shape index (κ3) is 2.76. The number of rotatable bonds is 4. The maximum Gasteiger partial charge on any atom is 0.312 e. The molecule has 0 radical (unpaired) electrons. The average Bonchev–Trinajstić information content (AvgIpc) is 3.05. The van der Waals surface area contributed by atoms with E-state index in [4.69, 9.17) is 4.74 Å². The molecule has 1 saturated heterocycles. The van der Waals surface area contributed by atoms with Crippen molar-refractivity contribution in [1.82, 2.24) is 9.55 Å². The number of hydrogen-bond acceptors (Lipinski definition) is 4. The van der Waals surface area contributed by atoms with Crippen LogP contribution in [0.3, 0.4) is 0 Å². The van der Waals surface area contributed by atoms with Gasteiger partial charge in [-0.15, -0.1) is 0 Å². The van der Waals surface area contributed by atoms with Crippen molar-refractivity contribution >= 4 is 11.7 Å². The monoisotopic (exact) mass is 275 g/mol. The topological polar surface area (TPSA) is 56.5 Å². The molecule has 1 aliphatic heterocycles. The number of aryl methyl sites for hydroxylation is 1. The predicted octanol–water partition coefficient (Wildman–Crippen LogP) is 2.36. The number of ether oxygens (including phenoxy) is 1. The quantitative estimate of drug-likeness (QED) is 0.626. The van der Waals surface area contributed by atoms with Gasteiger partial charge >= 0.3 is 5.97 Å². The summed E-state index contributed by atoms with van der Waals surface area (Å²) < 4.78 is 7.67. The number of carbonyl (C=O) groups is 1. The van der Waals surface area contributed by atoms with Crippen LogP contribution in [0.15, 0.2) is 23.7 Å². The summed E-state index contributed by atoms with van der Waals surface area (Å²) in [4.78, 5) is 20.3. The van der Waals surface area contributed by atoms with E-state index in [0.29, 0.717) is 6.42 Å². The lowest BCUT2D eigenvalue weighted by molar-refractivity contribution is -0.148.